The summed E-state index contributed by atoms with van der Waals surface area (Å²) in [6.45, 7) is -0.515. The molecule has 0 radical (unpaired) electrons. The van der Waals surface area contributed by atoms with Crippen LogP contribution in [0.4, 0.5) is 10.1 Å². The van der Waals surface area contributed by atoms with Crippen molar-refractivity contribution in [1.82, 2.24) is 5.32 Å². The molecular formula is C11H11FN2O6. The third-order valence-corrected chi connectivity index (χ3v) is 2.33. The normalized spacial score (nSPS) is 11.6. The van der Waals surface area contributed by atoms with E-state index < -0.39 is 46.5 Å². The van der Waals surface area contributed by atoms with Gasteiger partial charge in [0.05, 0.1) is 18.6 Å². The summed E-state index contributed by atoms with van der Waals surface area (Å²) in [6.07, 6.45) is -1.61. The minimum Gasteiger partial charge on any atom is -0.467 e. The minimum absolute atomic E-state index is 0.507. The molecule has 9 heteroatoms. The Morgan fingerprint density at radius 1 is 1.55 bits per heavy atom. The Morgan fingerprint density at radius 3 is 2.75 bits per heavy atom. The standard InChI is InChI=1S/C11H11FN2O6/c1-20-11(17)9(15)5-13-10(16)7-4-6(12)2-3-8(7)14(18)19/h2-4,9,15H,5H2,1H3,(H,13,16). The van der Waals surface area contributed by atoms with E-state index in [0.29, 0.717) is 6.07 Å². The Bertz CT molecular complexity index is 548. The molecule has 1 unspecified atom stereocenters. The highest BCUT2D eigenvalue weighted by molar-refractivity contribution is 5.98. The maximum atomic E-state index is 13.0. The zero-order valence-electron chi connectivity index (χ0n) is 10.3. The molecule has 1 aromatic carbocycles. The summed E-state index contributed by atoms with van der Waals surface area (Å²) in [4.78, 5) is 32.5. The lowest BCUT2D eigenvalue weighted by atomic mass is 10.1. The Hall–Kier alpha value is -2.55. The fourth-order valence-corrected chi connectivity index (χ4v) is 1.35. The molecule has 1 atom stereocenters. The highest BCUT2D eigenvalue weighted by Crippen LogP contribution is 2.19. The van der Waals surface area contributed by atoms with Crippen LogP contribution in [0.1, 0.15) is 10.4 Å². The van der Waals surface area contributed by atoms with Gasteiger partial charge in [-0.15, -0.1) is 0 Å². The number of benzene rings is 1. The molecule has 1 aromatic rings. The zero-order chi connectivity index (χ0) is 15.3. The molecule has 0 heterocycles. The number of nitro benzene ring substituents is 1. The van der Waals surface area contributed by atoms with Gasteiger partial charge in [0.1, 0.15) is 11.4 Å². The number of ether oxygens (including phenoxy) is 1. The van der Waals surface area contributed by atoms with Crippen LogP contribution in [0.2, 0.25) is 0 Å². The number of methoxy groups -OCH3 is 1. The smallest absolute Gasteiger partial charge is 0.336 e. The topological polar surface area (TPSA) is 119 Å². The van der Waals surface area contributed by atoms with Gasteiger partial charge in [0.2, 0.25) is 0 Å². The first-order valence-electron chi connectivity index (χ1n) is 5.35. The average molecular weight is 286 g/mol. The Labute approximate surface area is 112 Å². The molecular weight excluding hydrogens is 275 g/mol. The van der Waals surface area contributed by atoms with E-state index in [-0.39, 0.29) is 0 Å². The van der Waals surface area contributed by atoms with Gasteiger partial charge in [-0.2, -0.15) is 0 Å². The molecule has 8 nitrogen and oxygen atoms in total. The number of esters is 1. The van der Waals surface area contributed by atoms with E-state index in [9.17, 15) is 29.2 Å². The molecule has 0 aliphatic heterocycles. The molecule has 0 aliphatic carbocycles. The lowest BCUT2D eigenvalue weighted by molar-refractivity contribution is -0.385. The van der Waals surface area contributed by atoms with Crippen LogP contribution < -0.4 is 5.32 Å². The number of carbonyl (C=O) groups is 2. The lowest BCUT2D eigenvalue weighted by Gasteiger charge is -2.10. The van der Waals surface area contributed by atoms with Crippen LogP contribution in [0.3, 0.4) is 0 Å². The first kappa shape index (κ1) is 15.5. The molecule has 1 rings (SSSR count). The summed E-state index contributed by atoms with van der Waals surface area (Å²) in [5.74, 6) is -2.78. The number of nitrogens with one attached hydrogen (secondary N) is 1. The fourth-order valence-electron chi connectivity index (χ4n) is 1.35. The van der Waals surface area contributed by atoms with E-state index >= 15 is 0 Å². The molecule has 0 aliphatic rings. The molecule has 0 saturated heterocycles. The number of carbonyl (C=O) groups excluding carboxylic acids is 2. The van der Waals surface area contributed by atoms with Gasteiger partial charge < -0.3 is 15.2 Å². The summed E-state index contributed by atoms with van der Waals surface area (Å²) in [7, 11) is 1.05. The molecule has 0 bridgehead atoms. The third kappa shape index (κ3) is 3.72. The van der Waals surface area contributed by atoms with Crippen LogP contribution in [0.5, 0.6) is 0 Å². The van der Waals surface area contributed by atoms with Crippen molar-refractivity contribution in [2.24, 2.45) is 0 Å². The number of hydrogen-bond acceptors (Lipinski definition) is 6. The van der Waals surface area contributed by atoms with Crippen LogP contribution in [0, 0.1) is 15.9 Å². The van der Waals surface area contributed by atoms with E-state index in [1.165, 1.54) is 0 Å². The van der Waals surface area contributed by atoms with Crippen molar-refractivity contribution in [2.45, 2.75) is 6.10 Å². The number of halogens is 1. The summed E-state index contributed by atoms with van der Waals surface area (Å²) in [5.41, 5.74) is -1.09. The van der Waals surface area contributed by atoms with Gasteiger partial charge in [-0.25, -0.2) is 9.18 Å². The summed E-state index contributed by atoms with van der Waals surface area (Å²) in [5, 5.41) is 22.0. The van der Waals surface area contributed by atoms with Crippen molar-refractivity contribution < 1.29 is 28.7 Å². The van der Waals surface area contributed by atoms with E-state index in [1.807, 2.05) is 0 Å². The van der Waals surface area contributed by atoms with Crippen LogP contribution in [-0.4, -0.2) is 41.7 Å². The van der Waals surface area contributed by atoms with Crippen molar-refractivity contribution >= 4 is 17.6 Å². The quantitative estimate of drug-likeness (QED) is 0.446. The first-order valence-corrected chi connectivity index (χ1v) is 5.35. The van der Waals surface area contributed by atoms with Gasteiger partial charge >= 0.3 is 5.97 Å². The number of amides is 1. The Balaban J connectivity index is 2.85. The number of aliphatic hydroxyl groups is 1. The van der Waals surface area contributed by atoms with Gasteiger partial charge in [-0.3, -0.25) is 14.9 Å². The van der Waals surface area contributed by atoms with Gasteiger partial charge in [0, 0.05) is 6.07 Å². The van der Waals surface area contributed by atoms with Crippen molar-refractivity contribution in [3.8, 4) is 0 Å². The summed E-state index contributed by atoms with van der Waals surface area (Å²) < 4.78 is 17.2. The van der Waals surface area contributed by atoms with E-state index in [2.05, 4.69) is 10.1 Å². The highest BCUT2D eigenvalue weighted by Gasteiger charge is 2.23. The number of aliphatic hydroxyl groups excluding tert-OH is 1. The maximum Gasteiger partial charge on any atom is 0.336 e. The van der Waals surface area contributed by atoms with Crippen LogP contribution in [0.15, 0.2) is 18.2 Å². The average Bonchev–Trinajstić information content (AvgIpc) is 2.42. The zero-order valence-corrected chi connectivity index (χ0v) is 10.3. The third-order valence-electron chi connectivity index (χ3n) is 2.33. The van der Waals surface area contributed by atoms with Crippen LogP contribution in [-0.2, 0) is 9.53 Å². The van der Waals surface area contributed by atoms with Gasteiger partial charge in [-0.05, 0) is 12.1 Å². The van der Waals surface area contributed by atoms with Gasteiger partial charge in [0.15, 0.2) is 6.10 Å². The second-order valence-corrected chi connectivity index (χ2v) is 3.67. The maximum absolute atomic E-state index is 13.0. The second kappa shape index (κ2) is 6.57. The van der Waals surface area contributed by atoms with Crippen molar-refractivity contribution in [2.75, 3.05) is 13.7 Å². The van der Waals surface area contributed by atoms with Crippen molar-refractivity contribution in [3.05, 3.63) is 39.7 Å². The van der Waals surface area contributed by atoms with E-state index in [4.69, 9.17) is 0 Å². The molecule has 0 fully saturated rings. The van der Waals surface area contributed by atoms with E-state index in [0.717, 1.165) is 19.2 Å². The van der Waals surface area contributed by atoms with E-state index in [1.54, 1.807) is 0 Å². The summed E-state index contributed by atoms with van der Waals surface area (Å²) >= 11 is 0. The minimum atomic E-state index is -1.61. The van der Waals surface area contributed by atoms with Crippen LogP contribution in [0.25, 0.3) is 0 Å². The molecule has 108 valence electrons. The number of hydrogen-bond donors (Lipinski definition) is 2. The Kier molecular flexibility index (Phi) is 5.09. The van der Waals surface area contributed by atoms with Gasteiger partial charge in [0.25, 0.3) is 11.6 Å². The molecule has 20 heavy (non-hydrogen) atoms. The monoisotopic (exact) mass is 286 g/mol. The van der Waals surface area contributed by atoms with Crippen molar-refractivity contribution in [1.29, 1.82) is 0 Å². The van der Waals surface area contributed by atoms with Crippen LogP contribution >= 0.6 is 0 Å². The second-order valence-electron chi connectivity index (χ2n) is 3.67. The SMILES string of the molecule is COC(=O)C(O)CNC(=O)c1cc(F)ccc1[N+](=O)[O-]. The molecule has 0 saturated carbocycles. The predicted molar refractivity (Wildman–Crippen MR) is 63.4 cm³/mol. The number of nitrogens with zero attached hydrogens (tertiary/aromatic N) is 1. The Morgan fingerprint density at radius 2 is 2.20 bits per heavy atom. The first-order chi connectivity index (χ1) is 9.36. The molecule has 0 spiro atoms. The molecule has 0 aromatic heterocycles. The highest BCUT2D eigenvalue weighted by atomic mass is 19.1. The van der Waals surface area contributed by atoms with Crippen molar-refractivity contribution in [3.63, 3.8) is 0 Å². The molecule has 1 amide bonds. The summed E-state index contributed by atoms with van der Waals surface area (Å²) in [6, 6.07) is 2.39. The predicted octanol–water partition coefficient (Wildman–Crippen LogP) is -0.00240. The lowest BCUT2D eigenvalue weighted by Crippen LogP contribution is -2.37. The molecule has 2 N–H and O–H groups in total. The number of nitro groups is 1. The number of rotatable bonds is 5. The largest absolute Gasteiger partial charge is 0.467 e. The van der Waals surface area contributed by atoms with Gasteiger partial charge in [-0.1, -0.05) is 0 Å². The fraction of sp³-hybridized carbons (Fsp3) is 0.273.